The predicted octanol–water partition coefficient (Wildman–Crippen LogP) is 1.50. The molecule has 1 amide bonds. The number of hydrogen-bond acceptors (Lipinski definition) is 3. The molecule has 1 aliphatic rings. The number of likely N-dealkylation sites (tertiary alicyclic amines) is 1. The van der Waals surface area contributed by atoms with Crippen LogP contribution in [0.25, 0.3) is 10.9 Å². The third kappa shape index (κ3) is 2.61. The van der Waals surface area contributed by atoms with Gasteiger partial charge >= 0.3 is 5.97 Å². The van der Waals surface area contributed by atoms with Gasteiger partial charge in [0, 0.05) is 11.9 Å². The Hall–Kier alpha value is -2.37. The Morgan fingerprint density at radius 2 is 2.10 bits per heavy atom. The van der Waals surface area contributed by atoms with Crippen LogP contribution in [0.2, 0.25) is 0 Å². The molecule has 1 aromatic heterocycles. The van der Waals surface area contributed by atoms with Crippen molar-refractivity contribution >= 4 is 22.8 Å². The Balaban J connectivity index is 1.80. The molecule has 0 unspecified atom stereocenters. The zero-order valence-electron chi connectivity index (χ0n) is 11.6. The van der Waals surface area contributed by atoms with Crippen LogP contribution in [0.1, 0.15) is 19.3 Å². The number of aromatic nitrogens is 2. The van der Waals surface area contributed by atoms with Crippen LogP contribution in [0, 0.1) is 0 Å². The van der Waals surface area contributed by atoms with Crippen molar-refractivity contribution in [2.24, 2.45) is 0 Å². The fraction of sp³-hybridized carbons (Fsp3) is 0.400. The highest BCUT2D eigenvalue weighted by molar-refractivity contribution is 5.85. The van der Waals surface area contributed by atoms with Crippen molar-refractivity contribution < 1.29 is 14.7 Å². The van der Waals surface area contributed by atoms with Gasteiger partial charge in [0.1, 0.15) is 12.6 Å². The zero-order chi connectivity index (χ0) is 14.8. The van der Waals surface area contributed by atoms with Crippen LogP contribution in [0.4, 0.5) is 0 Å². The summed E-state index contributed by atoms with van der Waals surface area (Å²) in [5, 5.41) is 14.4. The number of benzene rings is 1. The number of fused-ring (bicyclic) bond motifs is 1. The topological polar surface area (TPSA) is 75.4 Å². The Morgan fingerprint density at radius 3 is 2.90 bits per heavy atom. The van der Waals surface area contributed by atoms with Crippen molar-refractivity contribution in [3.8, 4) is 0 Å². The first-order valence-electron chi connectivity index (χ1n) is 7.09. The SMILES string of the molecule is O=C(O)[C@H]1CCCCN1C(=O)Cn1ncc2ccccc21. The molecule has 6 nitrogen and oxygen atoms in total. The summed E-state index contributed by atoms with van der Waals surface area (Å²) in [6, 6.07) is 6.95. The summed E-state index contributed by atoms with van der Waals surface area (Å²) in [4.78, 5) is 25.2. The lowest BCUT2D eigenvalue weighted by Crippen LogP contribution is -2.49. The highest BCUT2D eigenvalue weighted by atomic mass is 16.4. The van der Waals surface area contributed by atoms with Crippen molar-refractivity contribution in [3.63, 3.8) is 0 Å². The molecule has 1 saturated heterocycles. The van der Waals surface area contributed by atoms with E-state index in [2.05, 4.69) is 5.10 Å². The third-order valence-corrected chi connectivity index (χ3v) is 3.94. The third-order valence-electron chi connectivity index (χ3n) is 3.94. The highest BCUT2D eigenvalue weighted by Gasteiger charge is 2.32. The lowest BCUT2D eigenvalue weighted by molar-refractivity contribution is -0.152. The first-order valence-corrected chi connectivity index (χ1v) is 7.09. The molecule has 1 aromatic carbocycles. The average molecular weight is 287 g/mol. The van der Waals surface area contributed by atoms with Gasteiger partial charge in [0.05, 0.1) is 11.7 Å². The average Bonchev–Trinajstić information content (AvgIpc) is 2.90. The van der Waals surface area contributed by atoms with E-state index in [1.807, 2.05) is 24.3 Å². The second kappa shape index (κ2) is 5.55. The lowest BCUT2D eigenvalue weighted by atomic mass is 10.0. The summed E-state index contributed by atoms with van der Waals surface area (Å²) in [6.07, 6.45) is 3.95. The molecule has 2 aromatic rings. The van der Waals surface area contributed by atoms with Crippen molar-refractivity contribution in [3.05, 3.63) is 30.5 Å². The molecule has 0 saturated carbocycles. The minimum absolute atomic E-state index is 0.0806. The summed E-state index contributed by atoms with van der Waals surface area (Å²) in [7, 11) is 0. The van der Waals surface area contributed by atoms with E-state index < -0.39 is 12.0 Å². The molecule has 0 spiro atoms. The number of aliphatic carboxylic acids is 1. The molecule has 1 atom stereocenters. The Morgan fingerprint density at radius 1 is 1.29 bits per heavy atom. The van der Waals surface area contributed by atoms with Crippen LogP contribution in [0.5, 0.6) is 0 Å². The fourth-order valence-electron chi connectivity index (χ4n) is 2.86. The van der Waals surface area contributed by atoms with Gasteiger partial charge in [-0.05, 0) is 25.3 Å². The Kier molecular flexibility index (Phi) is 3.60. The van der Waals surface area contributed by atoms with Crippen molar-refractivity contribution in [1.82, 2.24) is 14.7 Å². The first kappa shape index (κ1) is 13.6. The molecule has 2 heterocycles. The fourth-order valence-corrected chi connectivity index (χ4v) is 2.86. The normalized spacial score (nSPS) is 18.9. The maximum atomic E-state index is 12.4. The molecule has 0 radical (unpaired) electrons. The van der Waals surface area contributed by atoms with Gasteiger partial charge < -0.3 is 10.0 Å². The molecular formula is C15H17N3O3. The molecule has 1 N–H and O–H groups in total. The summed E-state index contributed by atoms with van der Waals surface area (Å²) in [5.41, 5.74) is 0.884. The maximum Gasteiger partial charge on any atom is 0.326 e. The van der Waals surface area contributed by atoms with Gasteiger partial charge in [-0.3, -0.25) is 9.48 Å². The molecule has 1 aliphatic heterocycles. The van der Waals surface area contributed by atoms with Gasteiger partial charge in [0.2, 0.25) is 5.91 Å². The molecule has 0 bridgehead atoms. The number of piperidine rings is 1. The molecule has 6 heteroatoms. The number of carbonyl (C=O) groups is 2. The van der Waals surface area contributed by atoms with Crippen LogP contribution in [0.3, 0.4) is 0 Å². The highest BCUT2D eigenvalue weighted by Crippen LogP contribution is 2.19. The zero-order valence-corrected chi connectivity index (χ0v) is 11.6. The van der Waals surface area contributed by atoms with E-state index in [4.69, 9.17) is 0 Å². The van der Waals surface area contributed by atoms with Crippen LogP contribution < -0.4 is 0 Å². The maximum absolute atomic E-state index is 12.4. The molecule has 1 fully saturated rings. The van der Waals surface area contributed by atoms with Gasteiger partial charge in [-0.1, -0.05) is 18.2 Å². The number of carboxylic acid groups (broad SMARTS) is 1. The van der Waals surface area contributed by atoms with Crippen LogP contribution in [0.15, 0.2) is 30.5 Å². The number of rotatable bonds is 3. The second-order valence-electron chi connectivity index (χ2n) is 5.30. The predicted molar refractivity (Wildman–Crippen MR) is 76.7 cm³/mol. The van der Waals surface area contributed by atoms with Gasteiger partial charge in [0.25, 0.3) is 0 Å². The molecule has 3 rings (SSSR count). The minimum atomic E-state index is -0.923. The minimum Gasteiger partial charge on any atom is -0.480 e. The second-order valence-corrected chi connectivity index (χ2v) is 5.30. The lowest BCUT2D eigenvalue weighted by Gasteiger charge is -2.32. The molecular weight excluding hydrogens is 270 g/mol. The summed E-state index contributed by atoms with van der Waals surface area (Å²) >= 11 is 0. The van der Waals surface area contributed by atoms with Gasteiger partial charge in [0.15, 0.2) is 0 Å². The standard InChI is InChI=1S/C15H17N3O3/c19-14(17-8-4-3-7-13(17)15(20)21)10-18-12-6-2-1-5-11(12)9-16-18/h1-2,5-6,9,13H,3-4,7-8,10H2,(H,20,21)/t13-/m1/s1. The van der Waals surface area contributed by atoms with E-state index >= 15 is 0 Å². The van der Waals surface area contributed by atoms with Gasteiger partial charge in [-0.15, -0.1) is 0 Å². The van der Waals surface area contributed by atoms with Crippen LogP contribution in [-0.4, -0.2) is 44.3 Å². The largest absolute Gasteiger partial charge is 0.480 e. The number of para-hydroxylation sites is 1. The Labute approximate surface area is 122 Å². The number of nitrogens with zero attached hydrogens (tertiary/aromatic N) is 3. The quantitative estimate of drug-likeness (QED) is 0.928. The summed E-state index contributed by atoms with van der Waals surface area (Å²) in [5.74, 6) is -1.11. The monoisotopic (exact) mass is 287 g/mol. The first-order chi connectivity index (χ1) is 10.2. The summed E-state index contributed by atoms with van der Waals surface area (Å²) < 4.78 is 1.63. The van der Waals surface area contributed by atoms with Gasteiger partial charge in [-0.2, -0.15) is 5.10 Å². The van der Waals surface area contributed by atoms with E-state index in [-0.39, 0.29) is 12.5 Å². The smallest absolute Gasteiger partial charge is 0.326 e. The molecule has 110 valence electrons. The van der Waals surface area contributed by atoms with Gasteiger partial charge in [-0.25, -0.2) is 4.79 Å². The van der Waals surface area contributed by atoms with Crippen molar-refractivity contribution in [2.75, 3.05) is 6.54 Å². The van der Waals surface area contributed by atoms with E-state index in [0.717, 1.165) is 23.7 Å². The van der Waals surface area contributed by atoms with E-state index in [0.29, 0.717) is 13.0 Å². The van der Waals surface area contributed by atoms with Crippen LogP contribution >= 0.6 is 0 Å². The number of carbonyl (C=O) groups excluding carboxylic acids is 1. The molecule has 21 heavy (non-hydrogen) atoms. The molecule has 0 aliphatic carbocycles. The van der Waals surface area contributed by atoms with E-state index in [9.17, 15) is 14.7 Å². The summed E-state index contributed by atoms with van der Waals surface area (Å²) in [6.45, 7) is 0.590. The van der Waals surface area contributed by atoms with E-state index in [1.165, 1.54) is 4.90 Å². The number of hydrogen-bond donors (Lipinski definition) is 1. The van der Waals surface area contributed by atoms with Crippen molar-refractivity contribution in [2.45, 2.75) is 31.8 Å². The van der Waals surface area contributed by atoms with Crippen LogP contribution in [-0.2, 0) is 16.1 Å². The Bertz CT molecular complexity index is 680. The van der Waals surface area contributed by atoms with E-state index in [1.54, 1.807) is 10.9 Å². The van der Waals surface area contributed by atoms with Crippen molar-refractivity contribution in [1.29, 1.82) is 0 Å². The number of carboxylic acids is 1. The number of amides is 1.